The molecular weight excluding hydrogens is 926 g/mol. The van der Waals surface area contributed by atoms with E-state index in [1.165, 1.54) is 44.6 Å². The Morgan fingerprint density at radius 1 is 0.328 bits per heavy atom. The lowest BCUT2D eigenvalue weighted by Gasteiger charge is -2.12. The summed E-state index contributed by atoms with van der Waals surface area (Å²) in [6, 6.07) is 8.20. The van der Waals surface area contributed by atoms with Gasteiger partial charge in [0.1, 0.15) is 11.5 Å². The third-order valence-electron chi connectivity index (χ3n) is 10.8. The Morgan fingerprint density at radius 2 is 0.612 bits per heavy atom. The van der Waals surface area contributed by atoms with Gasteiger partial charge in [0.15, 0.2) is 69.8 Å². The fourth-order valence-corrected chi connectivity index (χ4v) is 7.76. The predicted molar refractivity (Wildman–Crippen MR) is 213 cm³/mol. The SMILES string of the molecule is COc1ccc(OC)c(-c2c3nc(c(-c4c(F)c(F)c(F)c(F)c4F)c4ccc([nH]4)c(-c4c(F)c(F)c(F)c(F)c4F)c4nc(c(-c5c(F)c(F)c(F)c(F)c5F)c5ccc2[nH]5)C=C4)C=C3)c1. The molecule has 21 heteroatoms. The van der Waals surface area contributed by atoms with E-state index in [4.69, 9.17) is 9.47 Å². The molecular formula is C46H19F15N4O2. The van der Waals surface area contributed by atoms with E-state index in [0.29, 0.717) is 0 Å². The van der Waals surface area contributed by atoms with Crippen LogP contribution in [0, 0.1) is 87.3 Å². The first-order valence-electron chi connectivity index (χ1n) is 18.8. The van der Waals surface area contributed by atoms with E-state index in [1.807, 2.05) is 0 Å². The molecule has 340 valence electrons. The maximum Gasteiger partial charge on any atom is 0.200 e. The lowest BCUT2D eigenvalue weighted by atomic mass is 10.0. The quantitative estimate of drug-likeness (QED) is 0.0989. The van der Waals surface area contributed by atoms with Crippen LogP contribution in [-0.2, 0) is 0 Å². The van der Waals surface area contributed by atoms with E-state index in [2.05, 4.69) is 19.9 Å². The first kappa shape index (κ1) is 44.2. The molecule has 0 radical (unpaired) electrons. The maximum atomic E-state index is 15.9. The van der Waals surface area contributed by atoms with Crippen LogP contribution in [0.25, 0.3) is 90.9 Å². The number of aromatic nitrogens is 4. The van der Waals surface area contributed by atoms with Gasteiger partial charge in [-0.2, -0.15) is 0 Å². The van der Waals surface area contributed by atoms with Crippen LogP contribution in [0.5, 0.6) is 11.5 Å². The van der Waals surface area contributed by atoms with E-state index in [-0.39, 0.29) is 33.8 Å². The highest BCUT2D eigenvalue weighted by Gasteiger charge is 2.34. The molecule has 5 heterocycles. The Kier molecular flexibility index (Phi) is 10.7. The number of rotatable bonds is 6. The van der Waals surface area contributed by atoms with Gasteiger partial charge in [-0.05, 0) is 66.8 Å². The number of hydrogen-bond acceptors (Lipinski definition) is 4. The molecule has 6 nitrogen and oxygen atoms in total. The summed E-state index contributed by atoms with van der Waals surface area (Å²) in [6.07, 6.45) is 3.81. The lowest BCUT2D eigenvalue weighted by Crippen LogP contribution is -2.06. The van der Waals surface area contributed by atoms with E-state index >= 15 is 43.9 Å². The predicted octanol–water partition coefficient (Wildman–Crippen LogP) is 13.4. The first-order valence-corrected chi connectivity index (χ1v) is 18.8. The monoisotopic (exact) mass is 944 g/mol. The molecule has 2 aliphatic rings. The van der Waals surface area contributed by atoms with Crippen molar-refractivity contribution in [3.8, 4) is 56.0 Å². The van der Waals surface area contributed by atoms with Crippen molar-refractivity contribution in [2.24, 2.45) is 0 Å². The van der Waals surface area contributed by atoms with Crippen molar-refractivity contribution in [2.45, 2.75) is 0 Å². The summed E-state index contributed by atoms with van der Waals surface area (Å²) in [5.41, 5.74) is -12.4. The van der Waals surface area contributed by atoms with Gasteiger partial charge < -0.3 is 19.4 Å². The zero-order chi connectivity index (χ0) is 48.1. The number of H-pyrrole nitrogens is 2. The van der Waals surface area contributed by atoms with Crippen molar-refractivity contribution in [3.63, 3.8) is 0 Å². The van der Waals surface area contributed by atoms with Gasteiger partial charge in [-0.15, -0.1) is 0 Å². The van der Waals surface area contributed by atoms with Crippen molar-refractivity contribution < 1.29 is 75.3 Å². The third-order valence-corrected chi connectivity index (χ3v) is 10.8. The molecule has 0 amide bonds. The first-order chi connectivity index (χ1) is 31.9. The van der Waals surface area contributed by atoms with Gasteiger partial charge in [-0.1, -0.05) is 0 Å². The van der Waals surface area contributed by atoms with Crippen molar-refractivity contribution >= 4 is 46.4 Å². The maximum absolute atomic E-state index is 15.9. The smallest absolute Gasteiger partial charge is 0.200 e. The molecule has 2 aliphatic heterocycles. The average Bonchev–Trinajstić information content (AvgIpc) is 4.19. The van der Waals surface area contributed by atoms with Crippen LogP contribution in [0.4, 0.5) is 65.9 Å². The number of ether oxygens (including phenoxy) is 2. The van der Waals surface area contributed by atoms with E-state index in [0.717, 1.165) is 36.4 Å². The number of fused-ring (bicyclic) bond motifs is 8. The molecule has 0 fully saturated rings. The second-order valence-corrected chi connectivity index (χ2v) is 14.4. The minimum Gasteiger partial charge on any atom is -0.497 e. The van der Waals surface area contributed by atoms with Gasteiger partial charge in [-0.25, -0.2) is 75.8 Å². The van der Waals surface area contributed by atoms with Crippen LogP contribution in [0.1, 0.15) is 22.8 Å². The standard InChI is InChI=1S/C46H19F15N4O2/c1-66-14-3-12-24(67-2)15(13-14)25-16-4-6-18(62-16)26(29-32(47)38(53)44(59)39(54)33(29)48)20-8-10-22(64-20)28(31-36(51)42(57)46(61)43(58)37(31)52)23-11-9-21(65-23)27(19-7-5-17(25)63-19)30-34(49)40(55)45(60)41(56)35(30)50/h3-13,62,65H,1-2H3. The van der Waals surface area contributed by atoms with Crippen LogP contribution in [0.3, 0.4) is 0 Å². The summed E-state index contributed by atoms with van der Waals surface area (Å²) < 4.78 is 240. The van der Waals surface area contributed by atoms with Crippen molar-refractivity contribution in [1.82, 2.24) is 19.9 Å². The molecule has 0 saturated carbocycles. The van der Waals surface area contributed by atoms with Crippen molar-refractivity contribution in [1.29, 1.82) is 0 Å². The van der Waals surface area contributed by atoms with Gasteiger partial charge in [0.25, 0.3) is 0 Å². The number of nitrogens with zero attached hydrogens (tertiary/aromatic N) is 2. The van der Waals surface area contributed by atoms with Gasteiger partial charge >= 0.3 is 0 Å². The Balaban J connectivity index is 1.58. The normalized spacial score (nSPS) is 12.1. The molecule has 0 aliphatic carbocycles. The molecule has 4 aromatic carbocycles. The molecule has 9 rings (SSSR count). The van der Waals surface area contributed by atoms with Gasteiger partial charge in [0.05, 0.1) is 53.7 Å². The second kappa shape index (κ2) is 16.2. The molecule has 2 N–H and O–H groups in total. The fraction of sp³-hybridized carbons (Fsp3) is 0.0435. The summed E-state index contributed by atoms with van der Waals surface area (Å²) in [4.78, 5) is 13.9. The summed E-state index contributed by atoms with van der Waals surface area (Å²) in [5.74, 6) is -36.7. The van der Waals surface area contributed by atoms with Crippen LogP contribution in [-0.4, -0.2) is 34.2 Å². The van der Waals surface area contributed by atoms with E-state index in [1.54, 1.807) is 0 Å². The van der Waals surface area contributed by atoms with E-state index in [9.17, 15) is 22.0 Å². The summed E-state index contributed by atoms with van der Waals surface area (Å²) in [7, 11) is 2.53. The Morgan fingerprint density at radius 3 is 0.910 bits per heavy atom. The highest BCUT2D eigenvalue weighted by molar-refractivity contribution is 6.00. The molecule has 0 unspecified atom stereocenters. The number of halogens is 15. The van der Waals surface area contributed by atoms with Crippen LogP contribution < -0.4 is 9.47 Å². The van der Waals surface area contributed by atoms with Gasteiger partial charge in [-0.3, -0.25) is 0 Å². The molecule has 0 atom stereocenters. The number of nitrogens with one attached hydrogen (secondary N) is 2. The largest absolute Gasteiger partial charge is 0.497 e. The lowest BCUT2D eigenvalue weighted by molar-refractivity contribution is 0.381. The van der Waals surface area contributed by atoms with Crippen LogP contribution in [0.15, 0.2) is 42.5 Å². The molecule has 0 spiro atoms. The highest BCUT2D eigenvalue weighted by atomic mass is 19.2. The molecule has 8 bridgehead atoms. The Bertz CT molecular complexity index is 3430. The summed E-state index contributed by atoms with van der Waals surface area (Å²) >= 11 is 0. The zero-order valence-corrected chi connectivity index (χ0v) is 33.2. The van der Waals surface area contributed by atoms with Crippen molar-refractivity contribution in [2.75, 3.05) is 14.2 Å². The fourth-order valence-electron chi connectivity index (χ4n) is 7.76. The zero-order valence-electron chi connectivity index (χ0n) is 33.2. The van der Waals surface area contributed by atoms with Crippen molar-refractivity contribution in [3.05, 3.63) is 152 Å². The van der Waals surface area contributed by atoms with Gasteiger partial charge in [0.2, 0.25) is 17.5 Å². The molecule has 0 saturated heterocycles. The molecule has 3 aromatic heterocycles. The number of aromatic amines is 2. The second-order valence-electron chi connectivity index (χ2n) is 14.4. The minimum absolute atomic E-state index is 0.0615. The van der Waals surface area contributed by atoms with Gasteiger partial charge in [0, 0.05) is 49.9 Å². The Labute approximate surface area is 363 Å². The number of hydrogen-bond donors (Lipinski definition) is 2. The number of benzene rings is 4. The number of methoxy groups -OCH3 is 2. The topological polar surface area (TPSA) is 75.8 Å². The molecule has 7 aromatic rings. The third kappa shape index (κ3) is 6.69. The average molecular weight is 945 g/mol. The Hall–Kier alpha value is -7.97. The summed E-state index contributed by atoms with van der Waals surface area (Å²) in [5, 5.41) is 0. The van der Waals surface area contributed by atoms with E-state index < -0.39 is 154 Å². The van der Waals surface area contributed by atoms with Crippen LogP contribution >= 0.6 is 0 Å². The highest BCUT2D eigenvalue weighted by Crippen LogP contribution is 2.45. The summed E-state index contributed by atoms with van der Waals surface area (Å²) in [6.45, 7) is 0. The minimum atomic E-state index is -2.62. The van der Waals surface area contributed by atoms with Crippen LogP contribution in [0.2, 0.25) is 0 Å². The molecule has 67 heavy (non-hydrogen) atoms.